The Morgan fingerprint density at radius 1 is 0.972 bits per heavy atom. The summed E-state index contributed by atoms with van der Waals surface area (Å²) < 4.78 is 5.86. The maximum absolute atomic E-state index is 13.6. The molecular formula is C30H33ClN2O3. The Labute approximate surface area is 218 Å². The fraction of sp³-hybridized carbons (Fsp3) is 0.333. The Morgan fingerprint density at radius 3 is 2.39 bits per heavy atom. The van der Waals surface area contributed by atoms with E-state index in [0.29, 0.717) is 17.2 Å². The van der Waals surface area contributed by atoms with Gasteiger partial charge >= 0.3 is 0 Å². The number of ether oxygens (including phenoxy) is 1. The van der Waals surface area contributed by atoms with Crippen LogP contribution in [0.4, 0.5) is 0 Å². The number of benzene rings is 3. The van der Waals surface area contributed by atoms with E-state index in [1.165, 1.54) is 0 Å². The van der Waals surface area contributed by atoms with E-state index in [-0.39, 0.29) is 31.0 Å². The van der Waals surface area contributed by atoms with Crippen LogP contribution in [0.3, 0.4) is 0 Å². The predicted octanol–water partition coefficient (Wildman–Crippen LogP) is 5.73. The average Bonchev–Trinajstić information content (AvgIpc) is 3.39. The maximum atomic E-state index is 13.6. The van der Waals surface area contributed by atoms with Gasteiger partial charge in [0.15, 0.2) is 6.61 Å². The number of nitrogens with zero attached hydrogens (tertiary/aromatic N) is 1. The first-order valence-corrected chi connectivity index (χ1v) is 12.9. The van der Waals surface area contributed by atoms with E-state index in [1.54, 1.807) is 17.0 Å². The largest absolute Gasteiger partial charge is 0.484 e. The third-order valence-electron chi connectivity index (χ3n) is 6.59. The summed E-state index contributed by atoms with van der Waals surface area (Å²) >= 11 is 6.09. The number of rotatable bonds is 10. The van der Waals surface area contributed by atoms with Crippen LogP contribution in [0.1, 0.15) is 42.4 Å². The summed E-state index contributed by atoms with van der Waals surface area (Å²) in [4.78, 5) is 28.9. The normalized spacial score (nSPS) is 14.3. The second-order valence-corrected chi connectivity index (χ2v) is 9.89. The minimum atomic E-state index is -0.669. The maximum Gasteiger partial charge on any atom is 0.261 e. The van der Waals surface area contributed by atoms with Crippen molar-refractivity contribution in [1.29, 1.82) is 0 Å². The van der Waals surface area contributed by atoms with E-state index < -0.39 is 6.04 Å². The molecule has 0 bridgehead atoms. The first-order chi connectivity index (χ1) is 17.5. The van der Waals surface area contributed by atoms with Crippen molar-refractivity contribution in [2.24, 2.45) is 0 Å². The van der Waals surface area contributed by atoms with Crippen molar-refractivity contribution in [3.63, 3.8) is 0 Å². The third-order valence-corrected chi connectivity index (χ3v) is 6.84. The second kappa shape index (κ2) is 12.6. The molecular weight excluding hydrogens is 472 g/mol. The molecule has 1 aliphatic carbocycles. The van der Waals surface area contributed by atoms with E-state index in [9.17, 15) is 9.59 Å². The number of nitrogens with one attached hydrogen (secondary N) is 1. The molecule has 0 aromatic heterocycles. The van der Waals surface area contributed by atoms with Gasteiger partial charge in [-0.2, -0.15) is 0 Å². The quantitative estimate of drug-likeness (QED) is 0.384. The van der Waals surface area contributed by atoms with Crippen LogP contribution in [0.15, 0.2) is 78.9 Å². The highest BCUT2D eigenvalue weighted by Gasteiger charge is 2.32. The Hall–Kier alpha value is -3.31. The molecule has 3 aromatic carbocycles. The minimum Gasteiger partial charge on any atom is -0.484 e. The molecule has 1 atom stereocenters. The van der Waals surface area contributed by atoms with Crippen LogP contribution in [0.2, 0.25) is 5.02 Å². The van der Waals surface area contributed by atoms with Gasteiger partial charge in [-0.15, -0.1) is 0 Å². The minimum absolute atomic E-state index is 0.122. The first kappa shape index (κ1) is 25.8. The second-order valence-electron chi connectivity index (χ2n) is 9.45. The lowest BCUT2D eigenvalue weighted by Crippen LogP contribution is -2.53. The predicted molar refractivity (Wildman–Crippen MR) is 143 cm³/mol. The number of aryl methyl sites for hydroxylation is 1. The molecule has 5 nitrogen and oxygen atoms in total. The number of amides is 2. The molecule has 1 N–H and O–H groups in total. The molecule has 1 saturated carbocycles. The van der Waals surface area contributed by atoms with Crippen LogP contribution in [0.5, 0.6) is 5.75 Å². The summed E-state index contributed by atoms with van der Waals surface area (Å²) in [7, 11) is 0. The monoisotopic (exact) mass is 504 g/mol. The van der Waals surface area contributed by atoms with Crippen molar-refractivity contribution in [2.75, 3.05) is 6.61 Å². The molecule has 2 amide bonds. The van der Waals surface area contributed by atoms with Crippen LogP contribution in [-0.2, 0) is 22.6 Å². The standard InChI is InChI=1S/C30H33ClN2O3/c1-22-8-7-13-27(18-22)36-21-29(34)33(20-24-14-16-25(31)17-15-24)28(19-23-9-3-2-4-10-23)30(35)32-26-11-5-6-12-26/h2-4,7-10,13-18,26,28H,5-6,11-12,19-21H2,1H3,(H,32,35)/t28-/m1/s1. The van der Waals surface area contributed by atoms with E-state index in [2.05, 4.69) is 5.32 Å². The number of hydrogen-bond acceptors (Lipinski definition) is 3. The summed E-state index contributed by atoms with van der Waals surface area (Å²) in [5, 5.41) is 3.84. The fourth-order valence-corrected chi connectivity index (χ4v) is 4.77. The van der Waals surface area contributed by atoms with Crippen molar-refractivity contribution >= 4 is 23.4 Å². The van der Waals surface area contributed by atoms with Gasteiger partial charge in [0, 0.05) is 24.0 Å². The van der Waals surface area contributed by atoms with Crippen LogP contribution >= 0.6 is 11.6 Å². The molecule has 0 radical (unpaired) electrons. The van der Waals surface area contributed by atoms with Gasteiger partial charge in [-0.1, -0.05) is 79.0 Å². The zero-order chi connectivity index (χ0) is 25.3. The Balaban J connectivity index is 1.60. The Bertz CT molecular complexity index is 1140. The molecule has 1 aliphatic rings. The number of halogens is 1. The van der Waals surface area contributed by atoms with Gasteiger partial charge in [-0.25, -0.2) is 0 Å². The smallest absolute Gasteiger partial charge is 0.261 e. The molecule has 1 fully saturated rings. The summed E-state index contributed by atoms with van der Waals surface area (Å²) in [6.07, 6.45) is 4.61. The third kappa shape index (κ3) is 7.34. The zero-order valence-electron chi connectivity index (χ0n) is 20.7. The van der Waals surface area contributed by atoms with Crippen LogP contribution in [0.25, 0.3) is 0 Å². The van der Waals surface area contributed by atoms with Crippen LogP contribution in [0, 0.1) is 6.92 Å². The van der Waals surface area contributed by atoms with E-state index in [1.807, 2.05) is 73.7 Å². The molecule has 0 aliphatic heterocycles. The van der Waals surface area contributed by atoms with Crippen LogP contribution < -0.4 is 10.1 Å². The van der Waals surface area contributed by atoms with Gasteiger partial charge in [-0.3, -0.25) is 9.59 Å². The van der Waals surface area contributed by atoms with Gasteiger partial charge in [-0.05, 0) is 60.7 Å². The summed E-state index contributed by atoms with van der Waals surface area (Å²) in [5.41, 5.74) is 2.95. The Morgan fingerprint density at radius 2 is 1.69 bits per heavy atom. The van der Waals surface area contributed by atoms with E-state index in [0.717, 1.165) is 42.4 Å². The molecule has 3 aromatic rings. The molecule has 188 valence electrons. The summed E-state index contributed by atoms with van der Waals surface area (Å²) in [6, 6.07) is 24.3. The first-order valence-electron chi connectivity index (χ1n) is 12.6. The fourth-order valence-electron chi connectivity index (χ4n) is 4.64. The molecule has 0 saturated heterocycles. The van der Waals surface area contributed by atoms with Gasteiger partial charge in [0.25, 0.3) is 5.91 Å². The molecule has 6 heteroatoms. The highest BCUT2D eigenvalue weighted by Crippen LogP contribution is 2.21. The van der Waals surface area contributed by atoms with Gasteiger partial charge in [0.2, 0.25) is 5.91 Å². The SMILES string of the molecule is Cc1cccc(OCC(=O)N(Cc2ccc(Cl)cc2)[C@H](Cc2ccccc2)C(=O)NC2CCCC2)c1. The number of carbonyl (C=O) groups excluding carboxylic acids is 2. The highest BCUT2D eigenvalue weighted by molar-refractivity contribution is 6.30. The number of hydrogen-bond donors (Lipinski definition) is 1. The lowest BCUT2D eigenvalue weighted by Gasteiger charge is -2.32. The Kier molecular flexibility index (Phi) is 9.01. The van der Waals surface area contributed by atoms with Crippen molar-refractivity contribution in [1.82, 2.24) is 10.2 Å². The summed E-state index contributed by atoms with van der Waals surface area (Å²) in [6.45, 7) is 2.10. The zero-order valence-corrected chi connectivity index (χ0v) is 21.4. The highest BCUT2D eigenvalue weighted by atomic mass is 35.5. The molecule has 4 rings (SSSR count). The molecule has 0 heterocycles. The molecule has 0 unspecified atom stereocenters. The number of carbonyl (C=O) groups is 2. The van der Waals surface area contributed by atoms with Crippen molar-refractivity contribution in [3.8, 4) is 5.75 Å². The lowest BCUT2D eigenvalue weighted by atomic mass is 10.0. The van der Waals surface area contributed by atoms with Gasteiger partial charge in [0.05, 0.1) is 0 Å². The lowest BCUT2D eigenvalue weighted by molar-refractivity contribution is -0.143. The molecule has 0 spiro atoms. The van der Waals surface area contributed by atoms with Crippen molar-refractivity contribution in [2.45, 2.75) is 57.7 Å². The van der Waals surface area contributed by atoms with Crippen LogP contribution in [-0.4, -0.2) is 35.4 Å². The van der Waals surface area contributed by atoms with Gasteiger partial charge < -0.3 is 15.0 Å². The molecule has 36 heavy (non-hydrogen) atoms. The van der Waals surface area contributed by atoms with Gasteiger partial charge in [0.1, 0.15) is 11.8 Å². The van der Waals surface area contributed by atoms with E-state index >= 15 is 0 Å². The van der Waals surface area contributed by atoms with Crippen molar-refractivity contribution in [3.05, 3.63) is 101 Å². The van der Waals surface area contributed by atoms with Crippen molar-refractivity contribution < 1.29 is 14.3 Å². The summed E-state index contributed by atoms with van der Waals surface area (Å²) in [5.74, 6) is 0.266. The average molecular weight is 505 g/mol. The van der Waals surface area contributed by atoms with E-state index in [4.69, 9.17) is 16.3 Å². The topological polar surface area (TPSA) is 58.6 Å².